The van der Waals surface area contributed by atoms with Crippen LogP contribution >= 0.6 is 0 Å². The molecule has 7 unspecified atom stereocenters. The molecular formula is C55H47Br3SiTi. The summed E-state index contributed by atoms with van der Waals surface area (Å²) in [5, 5.41) is 6.99. The van der Waals surface area contributed by atoms with Crippen LogP contribution in [-0.4, -0.2) is 8.07 Å². The Bertz CT molecular complexity index is 2920. The molecule has 4 aliphatic rings. The molecule has 1 heterocycles. The zero-order valence-electron chi connectivity index (χ0n) is 34.6. The van der Waals surface area contributed by atoms with Crippen LogP contribution in [0.1, 0.15) is 78.8 Å². The number of rotatable bonds is 6. The Morgan fingerprint density at radius 1 is 0.500 bits per heavy atom. The summed E-state index contributed by atoms with van der Waals surface area (Å²) in [5.41, 5.74) is 16.1. The second-order valence-electron chi connectivity index (χ2n) is 17.7. The van der Waals surface area contributed by atoms with Crippen LogP contribution in [0.4, 0.5) is 0 Å². The molecule has 5 heteroatoms. The molecular weight excluding hydrogens is 976 g/mol. The number of benzene rings is 7. The molecule has 60 heavy (non-hydrogen) atoms. The first-order chi connectivity index (χ1) is 27.7. The Kier molecular flexibility index (Phi) is 11.4. The van der Waals surface area contributed by atoms with Crippen LogP contribution in [0.2, 0.25) is 14.9 Å². The molecule has 0 bridgehead atoms. The molecule has 0 amide bonds. The van der Waals surface area contributed by atoms with Crippen molar-refractivity contribution < 1.29 is 71.4 Å². The van der Waals surface area contributed by atoms with Crippen molar-refractivity contribution >= 4 is 53.0 Å². The van der Waals surface area contributed by atoms with E-state index in [4.69, 9.17) is 0 Å². The predicted octanol–water partition coefficient (Wildman–Crippen LogP) is 5.19. The van der Waals surface area contributed by atoms with E-state index in [0.29, 0.717) is 23.7 Å². The number of fused-ring (bicyclic) bond motifs is 7. The predicted molar refractivity (Wildman–Crippen MR) is 241 cm³/mol. The average molecular weight is 1020 g/mol. The Balaban J connectivity index is 0.00000166. The van der Waals surface area contributed by atoms with E-state index in [1.54, 1.807) is 5.19 Å². The molecule has 0 radical (unpaired) electrons. The summed E-state index contributed by atoms with van der Waals surface area (Å²) in [7, 11) is -2.48. The van der Waals surface area contributed by atoms with Crippen molar-refractivity contribution in [1.82, 2.24) is 0 Å². The second kappa shape index (κ2) is 15.8. The Hall–Kier alpha value is -3.35. The molecule has 7 aromatic rings. The van der Waals surface area contributed by atoms with E-state index in [1.165, 1.54) is 82.8 Å². The van der Waals surface area contributed by atoms with Crippen LogP contribution in [0.3, 0.4) is 0 Å². The first-order valence-electron chi connectivity index (χ1n) is 20.8. The molecule has 7 atom stereocenters. The van der Waals surface area contributed by atoms with E-state index in [-0.39, 0.29) is 59.3 Å². The maximum atomic E-state index is 2.81. The van der Waals surface area contributed by atoms with Gasteiger partial charge >= 0.3 is 353 Å². The summed E-state index contributed by atoms with van der Waals surface area (Å²) in [4.78, 5) is 0. The van der Waals surface area contributed by atoms with E-state index in [1.807, 2.05) is 0 Å². The maximum absolute atomic E-state index is 2.81. The van der Waals surface area contributed by atoms with Crippen molar-refractivity contribution in [2.45, 2.75) is 60.4 Å². The molecule has 1 saturated heterocycles. The molecule has 0 spiro atoms. The fourth-order valence-corrected chi connectivity index (χ4v) is 24.5. The smallest absolute Gasteiger partial charge is 1.00 e. The van der Waals surface area contributed by atoms with Gasteiger partial charge in [0.15, 0.2) is 0 Å². The van der Waals surface area contributed by atoms with Gasteiger partial charge in [-0.1, -0.05) is 0 Å². The van der Waals surface area contributed by atoms with Crippen LogP contribution in [0.5, 0.6) is 0 Å². The van der Waals surface area contributed by atoms with E-state index in [0.717, 1.165) is 0 Å². The number of hydrogen-bond donors (Lipinski definition) is 0. The monoisotopic (exact) mass is 1020 g/mol. The van der Waals surface area contributed by atoms with Crippen molar-refractivity contribution in [2.24, 2.45) is 5.92 Å². The van der Waals surface area contributed by atoms with Crippen LogP contribution in [0.25, 0.3) is 50.9 Å². The van der Waals surface area contributed by atoms with E-state index < -0.39 is 8.07 Å². The fraction of sp³-hybridized carbons (Fsp3) is 0.200. The van der Waals surface area contributed by atoms with Crippen LogP contribution in [0, 0.1) is 5.92 Å². The topological polar surface area (TPSA) is 0 Å². The summed E-state index contributed by atoms with van der Waals surface area (Å²) in [5.74, 6) is 1.27. The van der Waals surface area contributed by atoms with Crippen molar-refractivity contribution in [1.29, 1.82) is 0 Å². The van der Waals surface area contributed by atoms with E-state index >= 15 is 0 Å². The third-order valence-corrected chi connectivity index (χ3v) is 25.5. The van der Waals surface area contributed by atoms with Crippen LogP contribution in [-0.2, 0) is 20.4 Å². The standard InChI is InChI=1S/C55H47Si.3BrH.Ti/c1-34-31-49-42-23-14-12-19-39(42)27-29-46(49)51(34)37(4)55(53-36(3)33-50-43-24-15-13-20-40(43)28-30-47(50)53)54(56(55,5)41-21-10-7-11-22-41)52-35(2)32-48-44(25-16-26-45(48)52)38-17-8-6-9-18-38;;;;/h6-33,37,51-53H,1-5H3;3*1H;/q;;;;+3/p-3. The van der Waals surface area contributed by atoms with Gasteiger partial charge in [0.2, 0.25) is 0 Å². The van der Waals surface area contributed by atoms with Gasteiger partial charge in [0, 0.05) is 0 Å². The van der Waals surface area contributed by atoms with Gasteiger partial charge in [0.05, 0.1) is 0 Å². The molecule has 296 valence electrons. The SMILES string of the molecule is CC1=Cc2c(ccc3ccccc23)C1C(C)C1(C2C(C)=Cc3c2ccc2ccccc32)[C]([Ti+3])(C2C(C)=Cc3c(-c4ccccc4)cccc32)[Si]1(C)c1ccccc1.[Br-].[Br-].[Br-]. The van der Waals surface area contributed by atoms with Crippen molar-refractivity contribution in [3.63, 3.8) is 0 Å². The first-order valence-corrected chi connectivity index (χ1v) is 24.1. The summed E-state index contributed by atoms with van der Waals surface area (Å²) in [6.07, 6.45) is 7.71. The normalized spacial score (nSPS) is 26.1. The van der Waals surface area contributed by atoms with Crippen molar-refractivity contribution in [3.05, 3.63) is 202 Å². The second-order valence-corrected chi connectivity index (χ2v) is 24.2. The summed E-state index contributed by atoms with van der Waals surface area (Å²) in [6, 6.07) is 58.0. The molecule has 0 N–H and O–H groups in total. The molecule has 0 aromatic heterocycles. The third kappa shape index (κ3) is 5.60. The minimum Gasteiger partial charge on any atom is -1.00 e. The summed E-state index contributed by atoms with van der Waals surface area (Å²) in [6.45, 7) is 12.9. The molecule has 0 nitrogen and oxygen atoms in total. The van der Waals surface area contributed by atoms with Gasteiger partial charge in [0.25, 0.3) is 0 Å². The molecule has 0 saturated carbocycles. The van der Waals surface area contributed by atoms with Gasteiger partial charge in [-0.15, -0.1) is 0 Å². The Morgan fingerprint density at radius 2 is 1.00 bits per heavy atom. The van der Waals surface area contributed by atoms with Crippen molar-refractivity contribution in [3.8, 4) is 11.1 Å². The van der Waals surface area contributed by atoms with E-state index in [9.17, 15) is 0 Å². The minimum absolute atomic E-state index is 0. The van der Waals surface area contributed by atoms with Gasteiger partial charge in [-0.3, -0.25) is 0 Å². The van der Waals surface area contributed by atoms with Gasteiger partial charge < -0.3 is 50.9 Å². The largest absolute Gasteiger partial charge is 1.00 e. The van der Waals surface area contributed by atoms with Gasteiger partial charge in [-0.05, 0) is 0 Å². The molecule has 3 aliphatic carbocycles. The van der Waals surface area contributed by atoms with Gasteiger partial charge in [-0.25, -0.2) is 0 Å². The molecule has 7 aromatic carbocycles. The van der Waals surface area contributed by atoms with Crippen LogP contribution in [0.15, 0.2) is 168 Å². The quantitative estimate of drug-likeness (QED) is 0.202. The van der Waals surface area contributed by atoms with Gasteiger partial charge in [0.1, 0.15) is 0 Å². The Morgan fingerprint density at radius 3 is 1.65 bits per heavy atom. The first kappa shape index (κ1) is 43.3. The summed E-state index contributed by atoms with van der Waals surface area (Å²) < 4.78 is -0.0190. The zero-order valence-corrected chi connectivity index (χ0v) is 41.9. The molecule has 1 aliphatic heterocycles. The van der Waals surface area contributed by atoms with Gasteiger partial charge in [-0.2, -0.15) is 0 Å². The number of hydrogen-bond acceptors (Lipinski definition) is 0. The summed E-state index contributed by atoms with van der Waals surface area (Å²) >= 11 is 2.77. The minimum atomic E-state index is -2.48. The van der Waals surface area contributed by atoms with Crippen molar-refractivity contribution in [2.75, 3.05) is 0 Å². The number of halogens is 3. The van der Waals surface area contributed by atoms with E-state index in [2.05, 4.69) is 225 Å². The van der Waals surface area contributed by atoms with Crippen LogP contribution < -0.4 is 56.1 Å². The zero-order chi connectivity index (χ0) is 38.8. The fourth-order valence-electron chi connectivity index (χ4n) is 13.3. The molecule has 11 rings (SSSR count). The average Bonchev–Trinajstić information content (AvgIpc) is 3.68. The Labute approximate surface area is 400 Å². The molecule has 1 fully saturated rings. The maximum Gasteiger partial charge on any atom is -1.00 e. The third-order valence-electron chi connectivity index (χ3n) is 15.4. The number of allylic oxidation sites excluding steroid dienone is 3.